The van der Waals surface area contributed by atoms with Gasteiger partial charge in [0.1, 0.15) is 11.5 Å². The minimum Gasteiger partial charge on any atom is -0.497 e. The molecule has 21 heavy (non-hydrogen) atoms. The SMILES string of the molecule is COc1ccc(OC)c(NC(=O)Cc2ccc(Br)cc2)c1. The summed E-state index contributed by atoms with van der Waals surface area (Å²) >= 11 is 3.37. The van der Waals surface area contributed by atoms with Gasteiger partial charge in [0.25, 0.3) is 0 Å². The molecule has 0 fully saturated rings. The standard InChI is InChI=1S/C16H16BrNO3/c1-20-13-7-8-15(21-2)14(10-13)18-16(19)9-11-3-5-12(17)6-4-11/h3-8,10H,9H2,1-2H3,(H,18,19). The number of nitrogens with one attached hydrogen (secondary N) is 1. The first-order valence-electron chi connectivity index (χ1n) is 6.38. The van der Waals surface area contributed by atoms with Gasteiger partial charge in [0.15, 0.2) is 0 Å². The fourth-order valence-electron chi connectivity index (χ4n) is 1.89. The first-order chi connectivity index (χ1) is 10.1. The fourth-order valence-corrected chi connectivity index (χ4v) is 2.16. The molecule has 2 rings (SSSR count). The monoisotopic (exact) mass is 349 g/mol. The van der Waals surface area contributed by atoms with E-state index in [1.807, 2.05) is 24.3 Å². The number of rotatable bonds is 5. The molecule has 2 aromatic rings. The lowest BCUT2D eigenvalue weighted by Crippen LogP contribution is -2.15. The highest BCUT2D eigenvalue weighted by molar-refractivity contribution is 9.10. The van der Waals surface area contributed by atoms with E-state index in [0.29, 0.717) is 23.6 Å². The number of anilines is 1. The van der Waals surface area contributed by atoms with Crippen LogP contribution in [-0.2, 0) is 11.2 Å². The van der Waals surface area contributed by atoms with E-state index in [1.54, 1.807) is 32.4 Å². The van der Waals surface area contributed by atoms with Gasteiger partial charge in [-0.3, -0.25) is 4.79 Å². The zero-order valence-corrected chi connectivity index (χ0v) is 13.4. The van der Waals surface area contributed by atoms with E-state index in [9.17, 15) is 4.79 Å². The average Bonchev–Trinajstić information content (AvgIpc) is 2.49. The van der Waals surface area contributed by atoms with Gasteiger partial charge in [-0.2, -0.15) is 0 Å². The highest BCUT2D eigenvalue weighted by Crippen LogP contribution is 2.29. The first-order valence-corrected chi connectivity index (χ1v) is 7.18. The summed E-state index contributed by atoms with van der Waals surface area (Å²) in [6.07, 6.45) is 0.299. The number of amides is 1. The van der Waals surface area contributed by atoms with Gasteiger partial charge in [-0.1, -0.05) is 28.1 Å². The molecule has 0 aliphatic carbocycles. The quantitative estimate of drug-likeness (QED) is 0.896. The molecule has 1 N–H and O–H groups in total. The van der Waals surface area contributed by atoms with Crippen LogP contribution < -0.4 is 14.8 Å². The third-order valence-electron chi connectivity index (χ3n) is 2.96. The maximum absolute atomic E-state index is 12.1. The second kappa shape index (κ2) is 7.13. The van der Waals surface area contributed by atoms with Crippen LogP contribution in [0.5, 0.6) is 11.5 Å². The molecule has 0 atom stereocenters. The Balaban J connectivity index is 2.09. The maximum Gasteiger partial charge on any atom is 0.228 e. The molecule has 0 bridgehead atoms. The summed E-state index contributed by atoms with van der Waals surface area (Å²) in [5.41, 5.74) is 1.54. The van der Waals surface area contributed by atoms with Gasteiger partial charge in [0, 0.05) is 10.5 Å². The van der Waals surface area contributed by atoms with Crippen molar-refractivity contribution in [2.45, 2.75) is 6.42 Å². The van der Waals surface area contributed by atoms with Crippen LogP contribution in [-0.4, -0.2) is 20.1 Å². The molecule has 0 radical (unpaired) electrons. The number of benzene rings is 2. The number of carbonyl (C=O) groups excluding carboxylic acids is 1. The lowest BCUT2D eigenvalue weighted by Gasteiger charge is -2.11. The third kappa shape index (κ3) is 4.23. The van der Waals surface area contributed by atoms with Gasteiger partial charge in [0.2, 0.25) is 5.91 Å². The molecule has 5 heteroatoms. The van der Waals surface area contributed by atoms with Gasteiger partial charge < -0.3 is 14.8 Å². The number of carbonyl (C=O) groups is 1. The Kier molecular flexibility index (Phi) is 5.22. The van der Waals surface area contributed by atoms with Crippen molar-refractivity contribution in [3.05, 3.63) is 52.5 Å². The summed E-state index contributed by atoms with van der Waals surface area (Å²) in [5.74, 6) is 1.15. The largest absolute Gasteiger partial charge is 0.497 e. The van der Waals surface area contributed by atoms with Crippen LogP contribution in [0.2, 0.25) is 0 Å². The number of hydrogen-bond acceptors (Lipinski definition) is 3. The summed E-state index contributed by atoms with van der Waals surface area (Å²) in [5, 5.41) is 2.84. The molecule has 4 nitrogen and oxygen atoms in total. The zero-order valence-electron chi connectivity index (χ0n) is 11.9. The second-order valence-corrected chi connectivity index (χ2v) is 5.33. The predicted molar refractivity (Wildman–Crippen MR) is 86.0 cm³/mol. The molecule has 0 aliphatic heterocycles. The van der Waals surface area contributed by atoms with Crippen LogP contribution in [0.4, 0.5) is 5.69 Å². The van der Waals surface area contributed by atoms with Crippen molar-refractivity contribution in [3.8, 4) is 11.5 Å². The molecule has 0 spiro atoms. The Morgan fingerprint density at radius 3 is 2.43 bits per heavy atom. The van der Waals surface area contributed by atoms with Crippen molar-refractivity contribution < 1.29 is 14.3 Å². The Labute approximate surface area is 132 Å². The summed E-state index contributed by atoms with van der Waals surface area (Å²) in [6, 6.07) is 12.9. The molecule has 0 heterocycles. The second-order valence-electron chi connectivity index (χ2n) is 4.42. The molecule has 0 aliphatic rings. The molecule has 2 aromatic carbocycles. The molecular weight excluding hydrogens is 334 g/mol. The van der Waals surface area contributed by atoms with Gasteiger partial charge in [-0.05, 0) is 29.8 Å². The molecule has 0 unspecified atom stereocenters. The number of ether oxygens (including phenoxy) is 2. The van der Waals surface area contributed by atoms with E-state index >= 15 is 0 Å². The van der Waals surface area contributed by atoms with Gasteiger partial charge in [-0.25, -0.2) is 0 Å². The van der Waals surface area contributed by atoms with Crippen molar-refractivity contribution in [2.75, 3.05) is 19.5 Å². The summed E-state index contributed by atoms with van der Waals surface area (Å²) in [7, 11) is 3.14. The van der Waals surface area contributed by atoms with Crippen LogP contribution in [0.1, 0.15) is 5.56 Å². The number of halogens is 1. The van der Waals surface area contributed by atoms with Crippen LogP contribution >= 0.6 is 15.9 Å². The van der Waals surface area contributed by atoms with Gasteiger partial charge in [-0.15, -0.1) is 0 Å². The maximum atomic E-state index is 12.1. The molecular formula is C16H16BrNO3. The van der Waals surface area contributed by atoms with Crippen molar-refractivity contribution in [1.29, 1.82) is 0 Å². The van der Waals surface area contributed by atoms with E-state index < -0.39 is 0 Å². The van der Waals surface area contributed by atoms with Crippen LogP contribution in [0.25, 0.3) is 0 Å². The summed E-state index contributed by atoms with van der Waals surface area (Å²) < 4.78 is 11.4. The smallest absolute Gasteiger partial charge is 0.228 e. The topological polar surface area (TPSA) is 47.6 Å². The Bertz CT molecular complexity index is 626. The molecule has 0 saturated heterocycles. The van der Waals surface area contributed by atoms with E-state index in [4.69, 9.17) is 9.47 Å². The lowest BCUT2D eigenvalue weighted by atomic mass is 10.1. The van der Waals surface area contributed by atoms with Crippen LogP contribution in [0.15, 0.2) is 46.9 Å². The van der Waals surface area contributed by atoms with Crippen molar-refractivity contribution in [1.82, 2.24) is 0 Å². The molecule has 1 amide bonds. The number of methoxy groups -OCH3 is 2. The van der Waals surface area contributed by atoms with Crippen molar-refractivity contribution in [2.24, 2.45) is 0 Å². The Morgan fingerprint density at radius 1 is 1.10 bits per heavy atom. The first kappa shape index (κ1) is 15.4. The molecule has 110 valence electrons. The normalized spacial score (nSPS) is 10.0. The van der Waals surface area contributed by atoms with Crippen LogP contribution in [0, 0.1) is 0 Å². The van der Waals surface area contributed by atoms with E-state index in [1.165, 1.54) is 0 Å². The third-order valence-corrected chi connectivity index (χ3v) is 3.49. The van der Waals surface area contributed by atoms with E-state index in [-0.39, 0.29) is 5.91 Å². The number of hydrogen-bond donors (Lipinski definition) is 1. The van der Waals surface area contributed by atoms with Crippen LogP contribution in [0.3, 0.4) is 0 Å². The fraction of sp³-hybridized carbons (Fsp3) is 0.188. The summed E-state index contributed by atoms with van der Waals surface area (Å²) in [6.45, 7) is 0. The van der Waals surface area contributed by atoms with E-state index in [2.05, 4.69) is 21.2 Å². The van der Waals surface area contributed by atoms with Crippen molar-refractivity contribution >= 4 is 27.5 Å². The van der Waals surface area contributed by atoms with Gasteiger partial charge >= 0.3 is 0 Å². The minimum absolute atomic E-state index is 0.108. The minimum atomic E-state index is -0.108. The molecule has 0 aromatic heterocycles. The average molecular weight is 350 g/mol. The Morgan fingerprint density at radius 2 is 1.81 bits per heavy atom. The zero-order chi connectivity index (χ0) is 15.2. The van der Waals surface area contributed by atoms with E-state index in [0.717, 1.165) is 10.0 Å². The van der Waals surface area contributed by atoms with Gasteiger partial charge in [0.05, 0.1) is 26.3 Å². The van der Waals surface area contributed by atoms with Crippen molar-refractivity contribution in [3.63, 3.8) is 0 Å². The molecule has 0 saturated carbocycles. The highest BCUT2D eigenvalue weighted by Gasteiger charge is 2.09. The lowest BCUT2D eigenvalue weighted by molar-refractivity contribution is -0.115. The summed E-state index contributed by atoms with van der Waals surface area (Å²) in [4.78, 5) is 12.1. The highest BCUT2D eigenvalue weighted by atomic mass is 79.9. The Hall–Kier alpha value is -2.01. The predicted octanol–water partition coefficient (Wildman–Crippen LogP) is 3.65.